The van der Waals surface area contributed by atoms with Gasteiger partial charge < -0.3 is 14.8 Å². The number of rotatable bonds is 3. The Balaban J connectivity index is 1.60. The first-order valence-corrected chi connectivity index (χ1v) is 8.43. The SMILES string of the molecule is O=C(/C=C/c1ccc2c(c1)OCO2)N[C@H]1CCS(=O)(=O)C1. The molecule has 112 valence electrons. The summed E-state index contributed by atoms with van der Waals surface area (Å²) in [6.07, 6.45) is 3.52. The van der Waals surface area contributed by atoms with Gasteiger partial charge in [-0.15, -0.1) is 0 Å². The van der Waals surface area contributed by atoms with Crippen molar-refractivity contribution >= 4 is 21.8 Å². The van der Waals surface area contributed by atoms with Gasteiger partial charge in [0.05, 0.1) is 11.5 Å². The molecule has 1 aromatic rings. The van der Waals surface area contributed by atoms with Gasteiger partial charge in [0, 0.05) is 12.1 Å². The van der Waals surface area contributed by atoms with Gasteiger partial charge in [-0.05, 0) is 30.2 Å². The summed E-state index contributed by atoms with van der Waals surface area (Å²) in [5.74, 6) is 1.21. The van der Waals surface area contributed by atoms with Crippen LogP contribution in [-0.2, 0) is 14.6 Å². The number of hydrogen-bond acceptors (Lipinski definition) is 5. The van der Waals surface area contributed by atoms with Gasteiger partial charge >= 0.3 is 0 Å². The van der Waals surface area contributed by atoms with Gasteiger partial charge in [-0.25, -0.2) is 8.42 Å². The van der Waals surface area contributed by atoms with Crippen molar-refractivity contribution in [2.24, 2.45) is 0 Å². The van der Waals surface area contributed by atoms with Crippen LogP contribution in [0.1, 0.15) is 12.0 Å². The molecule has 1 fully saturated rings. The van der Waals surface area contributed by atoms with Gasteiger partial charge in [0.2, 0.25) is 12.7 Å². The van der Waals surface area contributed by atoms with E-state index in [-0.39, 0.29) is 30.2 Å². The first-order valence-electron chi connectivity index (χ1n) is 6.60. The third-order valence-electron chi connectivity index (χ3n) is 3.40. The molecule has 0 radical (unpaired) electrons. The molecule has 1 aromatic carbocycles. The molecule has 0 bridgehead atoms. The van der Waals surface area contributed by atoms with Gasteiger partial charge in [0.15, 0.2) is 21.3 Å². The summed E-state index contributed by atoms with van der Waals surface area (Å²) in [4.78, 5) is 11.8. The molecule has 0 spiro atoms. The van der Waals surface area contributed by atoms with Crippen LogP contribution in [0.15, 0.2) is 24.3 Å². The minimum Gasteiger partial charge on any atom is -0.454 e. The standard InChI is InChI=1S/C14H15NO5S/c16-14(15-11-5-6-21(17,18)8-11)4-2-10-1-3-12-13(7-10)20-9-19-12/h1-4,7,11H,5-6,8-9H2,(H,15,16)/b4-2+/t11-/m0/s1. The Labute approximate surface area is 122 Å². The lowest BCUT2D eigenvalue weighted by Crippen LogP contribution is -2.34. The van der Waals surface area contributed by atoms with Crippen LogP contribution in [0.25, 0.3) is 6.08 Å². The zero-order valence-corrected chi connectivity index (χ0v) is 12.1. The van der Waals surface area contributed by atoms with E-state index in [1.807, 2.05) is 6.07 Å². The summed E-state index contributed by atoms with van der Waals surface area (Å²) >= 11 is 0. The minimum atomic E-state index is -2.98. The number of carbonyl (C=O) groups excluding carboxylic acids is 1. The van der Waals surface area contributed by atoms with Crippen LogP contribution >= 0.6 is 0 Å². The van der Waals surface area contributed by atoms with Crippen LogP contribution in [0.2, 0.25) is 0 Å². The molecule has 0 aromatic heterocycles. The van der Waals surface area contributed by atoms with E-state index < -0.39 is 9.84 Å². The lowest BCUT2D eigenvalue weighted by molar-refractivity contribution is -0.116. The second-order valence-corrected chi connectivity index (χ2v) is 7.28. The molecule has 0 unspecified atom stereocenters. The van der Waals surface area contributed by atoms with E-state index in [1.165, 1.54) is 6.08 Å². The van der Waals surface area contributed by atoms with Crippen molar-refractivity contribution < 1.29 is 22.7 Å². The Morgan fingerprint density at radius 2 is 2.10 bits per heavy atom. The molecule has 2 heterocycles. The highest BCUT2D eigenvalue weighted by Gasteiger charge is 2.28. The minimum absolute atomic E-state index is 0.0244. The molecule has 1 amide bonds. The largest absolute Gasteiger partial charge is 0.454 e. The van der Waals surface area contributed by atoms with Crippen LogP contribution in [0, 0.1) is 0 Å². The predicted octanol–water partition coefficient (Wildman–Crippen LogP) is 0.732. The van der Waals surface area contributed by atoms with Gasteiger partial charge in [0.1, 0.15) is 0 Å². The zero-order chi connectivity index (χ0) is 14.9. The lowest BCUT2D eigenvalue weighted by Gasteiger charge is -2.07. The number of benzene rings is 1. The summed E-state index contributed by atoms with van der Waals surface area (Å²) < 4.78 is 33.1. The Kier molecular flexibility index (Phi) is 3.59. The monoisotopic (exact) mass is 309 g/mol. The Bertz CT molecular complexity index is 695. The fourth-order valence-electron chi connectivity index (χ4n) is 2.35. The molecule has 7 heteroatoms. The van der Waals surface area contributed by atoms with Gasteiger partial charge in [0.25, 0.3) is 0 Å². The molecule has 3 rings (SSSR count). The maximum atomic E-state index is 11.8. The van der Waals surface area contributed by atoms with Crippen molar-refractivity contribution in [3.8, 4) is 11.5 Å². The second kappa shape index (κ2) is 5.40. The first-order chi connectivity index (χ1) is 10.0. The molecule has 2 aliphatic heterocycles. The van der Waals surface area contributed by atoms with Crippen LogP contribution in [0.5, 0.6) is 11.5 Å². The van der Waals surface area contributed by atoms with E-state index in [0.717, 1.165) is 5.56 Å². The molecular formula is C14H15NO5S. The molecule has 1 N–H and O–H groups in total. The van der Waals surface area contributed by atoms with Crippen molar-refractivity contribution in [3.63, 3.8) is 0 Å². The molecular weight excluding hydrogens is 294 g/mol. The van der Waals surface area contributed by atoms with Crippen molar-refractivity contribution in [1.82, 2.24) is 5.32 Å². The third-order valence-corrected chi connectivity index (χ3v) is 5.17. The summed E-state index contributed by atoms with van der Waals surface area (Å²) in [5, 5.41) is 2.70. The van der Waals surface area contributed by atoms with E-state index in [2.05, 4.69) is 5.32 Å². The lowest BCUT2D eigenvalue weighted by atomic mass is 10.2. The number of carbonyl (C=O) groups is 1. The van der Waals surface area contributed by atoms with Crippen molar-refractivity contribution in [3.05, 3.63) is 29.8 Å². The Morgan fingerprint density at radius 3 is 2.86 bits per heavy atom. The maximum absolute atomic E-state index is 11.8. The maximum Gasteiger partial charge on any atom is 0.244 e. The number of hydrogen-bond donors (Lipinski definition) is 1. The average molecular weight is 309 g/mol. The Hall–Kier alpha value is -2.02. The van der Waals surface area contributed by atoms with Crippen LogP contribution in [0.4, 0.5) is 0 Å². The Morgan fingerprint density at radius 1 is 1.29 bits per heavy atom. The number of sulfone groups is 1. The number of ether oxygens (including phenoxy) is 2. The quantitative estimate of drug-likeness (QED) is 0.833. The smallest absolute Gasteiger partial charge is 0.244 e. The van der Waals surface area contributed by atoms with Crippen LogP contribution < -0.4 is 14.8 Å². The number of nitrogens with one attached hydrogen (secondary N) is 1. The average Bonchev–Trinajstić information content (AvgIpc) is 3.02. The van der Waals surface area contributed by atoms with E-state index >= 15 is 0 Å². The highest BCUT2D eigenvalue weighted by molar-refractivity contribution is 7.91. The normalized spacial score (nSPS) is 22.6. The molecule has 0 aliphatic carbocycles. The molecule has 1 saturated heterocycles. The summed E-state index contributed by atoms with van der Waals surface area (Å²) in [6.45, 7) is 0.207. The second-order valence-electron chi connectivity index (χ2n) is 5.05. The van der Waals surface area contributed by atoms with Gasteiger partial charge in [-0.3, -0.25) is 4.79 Å². The molecule has 21 heavy (non-hydrogen) atoms. The van der Waals surface area contributed by atoms with Gasteiger partial charge in [-0.1, -0.05) is 6.07 Å². The third kappa shape index (κ3) is 3.36. The molecule has 2 aliphatic rings. The van der Waals surface area contributed by atoms with E-state index in [0.29, 0.717) is 17.9 Å². The van der Waals surface area contributed by atoms with Crippen molar-refractivity contribution in [2.45, 2.75) is 12.5 Å². The zero-order valence-electron chi connectivity index (χ0n) is 11.2. The van der Waals surface area contributed by atoms with Crippen LogP contribution in [-0.4, -0.2) is 38.7 Å². The van der Waals surface area contributed by atoms with Crippen molar-refractivity contribution in [1.29, 1.82) is 0 Å². The number of fused-ring (bicyclic) bond motifs is 1. The van der Waals surface area contributed by atoms with E-state index in [4.69, 9.17) is 9.47 Å². The van der Waals surface area contributed by atoms with E-state index in [9.17, 15) is 13.2 Å². The topological polar surface area (TPSA) is 81.7 Å². The molecule has 1 atom stereocenters. The van der Waals surface area contributed by atoms with Gasteiger partial charge in [-0.2, -0.15) is 0 Å². The molecule has 0 saturated carbocycles. The highest BCUT2D eigenvalue weighted by atomic mass is 32.2. The highest BCUT2D eigenvalue weighted by Crippen LogP contribution is 2.32. The van der Waals surface area contributed by atoms with E-state index in [1.54, 1.807) is 18.2 Å². The summed E-state index contributed by atoms with van der Waals surface area (Å²) in [6, 6.07) is 5.09. The first kappa shape index (κ1) is 13.9. The summed E-state index contributed by atoms with van der Waals surface area (Å²) in [7, 11) is -2.98. The fourth-order valence-corrected chi connectivity index (χ4v) is 4.02. The molecule has 6 nitrogen and oxygen atoms in total. The number of amides is 1. The summed E-state index contributed by atoms with van der Waals surface area (Å²) in [5.41, 5.74) is 0.813. The fraction of sp³-hybridized carbons (Fsp3) is 0.357. The van der Waals surface area contributed by atoms with Crippen LogP contribution in [0.3, 0.4) is 0 Å². The van der Waals surface area contributed by atoms with Crippen molar-refractivity contribution in [2.75, 3.05) is 18.3 Å². The predicted molar refractivity (Wildman–Crippen MR) is 76.8 cm³/mol.